The molecule has 0 spiro atoms. The van der Waals surface area contributed by atoms with Crippen LogP contribution in [0.3, 0.4) is 0 Å². The minimum absolute atomic E-state index is 0.347. The van der Waals surface area contributed by atoms with Crippen LogP contribution in [-0.2, 0) is 0 Å². The van der Waals surface area contributed by atoms with Gasteiger partial charge < -0.3 is 5.11 Å². The zero-order valence-electron chi connectivity index (χ0n) is 6.40. The number of rotatable bonds is 2. The summed E-state index contributed by atoms with van der Waals surface area (Å²) < 4.78 is 0. The lowest BCUT2D eigenvalue weighted by Gasteiger charge is -1.96. The molecule has 1 unspecified atom stereocenters. The monoisotopic (exact) mass is 148 g/mol. The molecule has 2 rings (SSSR count). The number of hydrogen-bond acceptors (Lipinski definition) is 1. The average molecular weight is 148 g/mol. The molecule has 11 heavy (non-hydrogen) atoms. The van der Waals surface area contributed by atoms with Crippen molar-refractivity contribution in [1.29, 1.82) is 0 Å². The molecule has 1 aromatic carbocycles. The molecular formula is C10H12O. The summed E-state index contributed by atoms with van der Waals surface area (Å²) in [5.41, 5.74) is 1.38. The van der Waals surface area contributed by atoms with Crippen molar-refractivity contribution in [1.82, 2.24) is 0 Å². The van der Waals surface area contributed by atoms with Gasteiger partial charge in [0.2, 0.25) is 0 Å². The largest absolute Gasteiger partial charge is 0.396 e. The lowest BCUT2D eigenvalue weighted by atomic mass is 10.1. The predicted octanol–water partition coefficient (Wildman–Crippen LogP) is 1.78. The predicted molar refractivity (Wildman–Crippen MR) is 44.4 cm³/mol. The first-order valence-electron chi connectivity index (χ1n) is 4.07. The van der Waals surface area contributed by atoms with Crippen LogP contribution in [0, 0.1) is 5.92 Å². The number of hydrogen-bond donors (Lipinski definition) is 1. The minimum atomic E-state index is 0.347. The molecule has 0 amide bonds. The molecule has 0 bridgehead atoms. The maximum atomic E-state index is 8.84. The van der Waals surface area contributed by atoms with E-state index in [-0.39, 0.29) is 0 Å². The van der Waals surface area contributed by atoms with Crippen LogP contribution < -0.4 is 0 Å². The fourth-order valence-corrected chi connectivity index (χ4v) is 1.56. The summed E-state index contributed by atoms with van der Waals surface area (Å²) in [4.78, 5) is 0. The smallest absolute Gasteiger partial charge is 0.0465 e. The molecule has 1 N–H and O–H groups in total. The van der Waals surface area contributed by atoms with Crippen LogP contribution in [0.2, 0.25) is 0 Å². The van der Waals surface area contributed by atoms with E-state index in [1.807, 2.05) is 6.07 Å². The normalized spacial score (nSPS) is 28.5. The Bertz CT molecular complexity index is 230. The number of aliphatic hydroxyl groups is 1. The van der Waals surface area contributed by atoms with E-state index in [0.29, 0.717) is 18.4 Å². The fourth-order valence-electron chi connectivity index (χ4n) is 1.56. The van der Waals surface area contributed by atoms with Crippen molar-refractivity contribution >= 4 is 0 Å². The van der Waals surface area contributed by atoms with Crippen LogP contribution in [0.4, 0.5) is 0 Å². The molecule has 1 aliphatic carbocycles. The van der Waals surface area contributed by atoms with Crippen LogP contribution in [-0.4, -0.2) is 11.7 Å². The SMILES string of the molecule is OC[C@@H]1CC1c1ccccc1. The van der Waals surface area contributed by atoms with E-state index < -0.39 is 0 Å². The van der Waals surface area contributed by atoms with E-state index in [4.69, 9.17) is 5.11 Å². The van der Waals surface area contributed by atoms with E-state index >= 15 is 0 Å². The van der Waals surface area contributed by atoms with E-state index in [2.05, 4.69) is 24.3 Å². The second-order valence-electron chi connectivity index (χ2n) is 3.20. The van der Waals surface area contributed by atoms with Gasteiger partial charge in [0.1, 0.15) is 0 Å². The van der Waals surface area contributed by atoms with Gasteiger partial charge in [0.05, 0.1) is 0 Å². The highest BCUT2D eigenvalue weighted by Gasteiger charge is 2.37. The Morgan fingerprint density at radius 1 is 1.27 bits per heavy atom. The van der Waals surface area contributed by atoms with Gasteiger partial charge in [-0.05, 0) is 23.8 Å². The quantitative estimate of drug-likeness (QED) is 0.677. The molecule has 1 nitrogen and oxygen atoms in total. The van der Waals surface area contributed by atoms with E-state index in [0.717, 1.165) is 0 Å². The molecule has 0 aliphatic heterocycles. The van der Waals surface area contributed by atoms with Crippen LogP contribution in [0.25, 0.3) is 0 Å². The van der Waals surface area contributed by atoms with Gasteiger partial charge in [0, 0.05) is 6.61 Å². The van der Waals surface area contributed by atoms with Crippen molar-refractivity contribution in [3.63, 3.8) is 0 Å². The van der Waals surface area contributed by atoms with Crippen LogP contribution in [0.5, 0.6) is 0 Å². The highest BCUT2D eigenvalue weighted by Crippen LogP contribution is 2.46. The Morgan fingerprint density at radius 2 is 2.00 bits per heavy atom. The zero-order valence-corrected chi connectivity index (χ0v) is 6.40. The van der Waals surface area contributed by atoms with Crippen molar-refractivity contribution < 1.29 is 5.11 Å². The molecule has 1 saturated carbocycles. The molecule has 0 radical (unpaired) electrons. The van der Waals surface area contributed by atoms with Gasteiger partial charge in [0.25, 0.3) is 0 Å². The van der Waals surface area contributed by atoms with Crippen molar-refractivity contribution in [2.75, 3.05) is 6.61 Å². The number of aliphatic hydroxyl groups excluding tert-OH is 1. The topological polar surface area (TPSA) is 20.2 Å². The third-order valence-corrected chi connectivity index (χ3v) is 2.38. The molecule has 2 atom stereocenters. The number of benzene rings is 1. The maximum absolute atomic E-state index is 8.84. The van der Waals surface area contributed by atoms with Gasteiger partial charge in [-0.15, -0.1) is 0 Å². The van der Waals surface area contributed by atoms with Gasteiger partial charge in [-0.25, -0.2) is 0 Å². The van der Waals surface area contributed by atoms with Crippen LogP contribution >= 0.6 is 0 Å². The summed E-state index contributed by atoms with van der Waals surface area (Å²) >= 11 is 0. The molecule has 1 heteroatoms. The van der Waals surface area contributed by atoms with Crippen molar-refractivity contribution in [3.8, 4) is 0 Å². The van der Waals surface area contributed by atoms with Gasteiger partial charge in [-0.3, -0.25) is 0 Å². The van der Waals surface area contributed by atoms with Crippen molar-refractivity contribution in [2.45, 2.75) is 12.3 Å². The lowest BCUT2D eigenvalue weighted by Crippen LogP contribution is -1.87. The van der Waals surface area contributed by atoms with Crippen molar-refractivity contribution in [2.24, 2.45) is 5.92 Å². The van der Waals surface area contributed by atoms with Crippen molar-refractivity contribution in [3.05, 3.63) is 35.9 Å². The van der Waals surface area contributed by atoms with Crippen LogP contribution in [0.1, 0.15) is 17.9 Å². The summed E-state index contributed by atoms with van der Waals surface area (Å²) in [5, 5.41) is 8.84. The first kappa shape index (κ1) is 6.86. The molecule has 1 aliphatic rings. The Balaban J connectivity index is 2.09. The van der Waals surface area contributed by atoms with E-state index in [9.17, 15) is 0 Å². The highest BCUT2D eigenvalue weighted by atomic mass is 16.3. The standard InChI is InChI=1S/C10H12O/c11-7-9-6-10(9)8-4-2-1-3-5-8/h1-5,9-11H,6-7H2/t9-,10?/m0/s1. The molecule has 0 aromatic heterocycles. The Morgan fingerprint density at radius 3 is 2.55 bits per heavy atom. The summed E-state index contributed by atoms with van der Waals surface area (Å²) in [6.45, 7) is 0.347. The summed E-state index contributed by atoms with van der Waals surface area (Å²) in [6.07, 6.45) is 1.17. The van der Waals surface area contributed by atoms with E-state index in [1.54, 1.807) is 0 Å². The fraction of sp³-hybridized carbons (Fsp3) is 0.400. The minimum Gasteiger partial charge on any atom is -0.396 e. The molecule has 1 fully saturated rings. The first-order valence-corrected chi connectivity index (χ1v) is 4.07. The van der Waals surface area contributed by atoms with E-state index in [1.165, 1.54) is 12.0 Å². The van der Waals surface area contributed by atoms with Gasteiger partial charge in [0.15, 0.2) is 0 Å². The second-order valence-corrected chi connectivity index (χ2v) is 3.20. The Kier molecular flexibility index (Phi) is 1.66. The second kappa shape index (κ2) is 2.67. The summed E-state index contributed by atoms with van der Waals surface area (Å²) in [6, 6.07) is 10.4. The summed E-state index contributed by atoms with van der Waals surface area (Å²) in [5.74, 6) is 1.18. The van der Waals surface area contributed by atoms with Gasteiger partial charge in [-0.2, -0.15) is 0 Å². The molecule has 1 aromatic rings. The summed E-state index contributed by atoms with van der Waals surface area (Å²) in [7, 11) is 0. The Labute approximate surface area is 66.7 Å². The third kappa shape index (κ3) is 1.29. The van der Waals surface area contributed by atoms with Gasteiger partial charge in [-0.1, -0.05) is 30.3 Å². The molecule has 58 valence electrons. The molecular weight excluding hydrogens is 136 g/mol. The zero-order chi connectivity index (χ0) is 7.68. The molecule has 0 heterocycles. The average Bonchev–Trinajstić information content (AvgIpc) is 2.85. The maximum Gasteiger partial charge on any atom is 0.0465 e. The highest BCUT2D eigenvalue weighted by molar-refractivity contribution is 5.25. The van der Waals surface area contributed by atoms with Gasteiger partial charge >= 0.3 is 0 Å². The lowest BCUT2D eigenvalue weighted by molar-refractivity contribution is 0.274. The third-order valence-electron chi connectivity index (χ3n) is 2.38. The Hall–Kier alpha value is -0.820. The first-order chi connectivity index (χ1) is 5.42. The van der Waals surface area contributed by atoms with Crippen LogP contribution in [0.15, 0.2) is 30.3 Å². The molecule has 0 saturated heterocycles.